The summed E-state index contributed by atoms with van der Waals surface area (Å²) in [4.78, 5) is 31.5. The molecule has 150 valence electrons. The van der Waals surface area contributed by atoms with Crippen molar-refractivity contribution in [2.24, 2.45) is 0 Å². The number of aromatic nitrogens is 2. The van der Waals surface area contributed by atoms with Crippen molar-refractivity contribution in [3.05, 3.63) is 64.3 Å². The van der Waals surface area contributed by atoms with Gasteiger partial charge in [-0.05, 0) is 30.0 Å². The highest BCUT2D eigenvalue weighted by atomic mass is 35.5. The highest BCUT2D eigenvalue weighted by Crippen LogP contribution is 2.25. The van der Waals surface area contributed by atoms with Crippen LogP contribution in [0, 0.1) is 0 Å². The largest absolute Gasteiger partial charge is 0.356 e. The number of amides is 2. The summed E-state index contributed by atoms with van der Waals surface area (Å²) >= 11 is 7.15. The van der Waals surface area contributed by atoms with Crippen LogP contribution in [0.25, 0.3) is 11.3 Å². The maximum Gasteiger partial charge on any atom is 0.230 e. The highest BCUT2D eigenvalue weighted by molar-refractivity contribution is 7.14. The van der Waals surface area contributed by atoms with E-state index in [1.807, 2.05) is 17.5 Å². The SMILES string of the molecule is CC(=O)NCCCc1ccc(-c2csc(NC(=O)Cc3ccc(Cl)nc3)n2)cc1. The Hall–Kier alpha value is -2.77. The first-order valence-corrected chi connectivity index (χ1v) is 10.4. The molecule has 0 aliphatic heterocycles. The second-order valence-electron chi connectivity index (χ2n) is 6.54. The Morgan fingerprint density at radius 1 is 1.10 bits per heavy atom. The predicted octanol–water partition coefficient (Wildman–Crippen LogP) is 4.11. The van der Waals surface area contributed by atoms with E-state index in [0.29, 0.717) is 16.8 Å². The number of hydrogen-bond donors (Lipinski definition) is 2. The standard InChI is InChI=1S/C21H21ClN4O2S/c1-14(27)23-10-2-3-15-4-7-17(8-5-15)18-13-29-21(25-18)26-20(28)11-16-6-9-19(22)24-12-16/h4-9,12-13H,2-3,10-11H2,1H3,(H,23,27)(H,25,26,28). The van der Waals surface area contributed by atoms with Gasteiger partial charge in [0.25, 0.3) is 0 Å². The Bertz CT molecular complexity index is 971. The number of carbonyl (C=O) groups excluding carboxylic acids is 2. The predicted molar refractivity (Wildman–Crippen MR) is 116 cm³/mol. The molecule has 3 rings (SSSR count). The van der Waals surface area contributed by atoms with Gasteiger partial charge >= 0.3 is 0 Å². The quantitative estimate of drug-likeness (QED) is 0.417. The Kier molecular flexibility index (Phi) is 7.32. The summed E-state index contributed by atoms with van der Waals surface area (Å²) in [5.41, 5.74) is 3.81. The Labute approximate surface area is 178 Å². The lowest BCUT2D eigenvalue weighted by Gasteiger charge is -2.04. The zero-order valence-corrected chi connectivity index (χ0v) is 17.5. The number of rotatable bonds is 8. The molecule has 0 radical (unpaired) electrons. The van der Waals surface area contributed by atoms with Crippen molar-refractivity contribution in [1.82, 2.24) is 15.3 Å². The second kappa shape index (κ2) is 10.1. The molecule has 0 saturated carbocycles. The number of nitrogens with one attached hydrogen (secondary N) is 2. The number of hydrogen-bond acceptors (Lipinski definition) is 5. The fourth-order valence-electron chi connectivity index (χ4n) is 2.72. The average molecular weight is 429 g/mol. The lowest BCUT2D eigenvalue weighted by molar-refractivity contribution is -0.119. The van der Waals surface area contributed by atoms with Crippen molar-refractivity contribution in [2.75, 3.05) is 11.9 Å². The van der Waals surface area contributed by atoms with E-state index in [-0.39, 0.29) is 18.2 Å². The average Bonchev–Trinajstić information content (AvgIpc) is 3.15. The summed E-state index contributed by atoms with van der Waals surface area (Å²) in [5.74, 6) is -0.152. The number of benzene rings is 1. The molecule has 2 aromatic heterocycles. The molecule has 8 heteroatoms. The van der Waals surface area contributed by atoms with Crippen molar-refractivity contribution in [3.8, 4) is 11.3 Å². The number of halogens is 1. The summed E-state index contributed by atoms with van der Waals surface area (Å²) < 4.78 is 0. The van der Waals surface area contributed by atoms with E-state index in [1.165, 1.54) is 23.8 Å². The van der Waals surface area contributed by atoms with E-state index in [0.717, 1.165) is 29.7 Å². The first-order valence-electron chi connectivity index (χ1n) is 9.19. The first kappa shape index (κ1) is 21.0. The minimum atomic E-state index is -0.149. The normalized spacial score (nSPS) is 10.6. The van der Waals surface area contributed by atoms with Crippen LogP contribution >= 0.6 is 22.9 Å². The van der Waals surface area contributed by atoms with E-state index < -0.39 is 0 Å². The van der Waals surface area contributed by atoms with Crippen molar-refractivity contribution in [3.63, 3.8) is 0 Å². The third kappa shape index (κ3) is 6.66. The van der Waals surface area contributed by atoms with Gasteiger partial charge in [0.15, 0.2) is 5.13 Å². The maximum atomic E-state index is 12.2. The Morgan fingerprint density at radius 2 is 1.86 bits per heavy atom. The van der Waals surface area contributed by atoms with Gasteiger partial charge in [0.2, 0.25) is 11.8 Å². The molecule has 0 aliphatic rings. The van der Waals surface area contributed by atoms with Crippen LogP contribution in [0.5, 0.6) is 0 Å². The van der Waals surface area contributed by atoms with Gasteiger partial charge in [-0.1, -0.05) is 41.9 Å². The van der Waals surface area contributed by atoms with Crippen molar-refractivity contribution >= 4 is 39.9 Å². The van der Waals surface area contributed by atoms with Crippen molar-refractivity contribution in [1.29, 1.82) is 0 Å². The molecular weight excluding hydrogens is 408 g/mol. The van der Waals surface area contributed by atoms with Crippen LogP contribution in [0.15, 0.2) is 48.0 Å². The van der Waals surface area contributed by atoms with Gasteiger partial charge in [-0.3, -0.25) is 9.59 Å². The number of thiazole rings is 1. The zero-order valence-electron chi connectivity index (χ0n) is 15.9. The molecule has 0 spiro atoms. The Morgan fingerprint density at radius 3 is 2.55 bits per heavy atom. The van der Waals surface area contributed by atoms with Crippen LogP contribution < -0.4 is 10.6 Å². The monoisotopic (exact) mass is 428 g/mol. The molecule has 0 fully saturated rings. The minimum absolute atomic E-state index is 0.00314. The van der Waals surface area contributed by atoms with Gasteiger partial charge in [-0.15, -0.1) is 11.3 Å². The van der Waals surface area contributed by atoms with Crippen molar-refractivity contribution in [2.45, 2.75) is 26.2 Å². The van der Waals surface area contributed by atoms with E-state index >= 15 is 0 Å². The first-order chi connectivity index (χ1) is 14.0. The number of anilines is 1. The van der Waals surface area contributed by atoms with Crippen LogP contribution in [0.3, 0.4) is 0 Å². The van der Waals surface area contributed by atoms with Gasteiger partial charge in [0, 0.05) is 30.6 Å². The van der Waals surface area contributed by atoms with Crippen LogP contribution in [0.1, 0.15) is 24.5 Å². The van der Waals surface area contributed by atoms with Crippen LogP contribution in [-0.4, -0.2) is 28.3 Å². The molecule has 0 bridgehead atoms. The van der Waals surface area contributed by atoms with E-state index in [1.54, 1.807) is 18.3 Å². The number of pyridine rings is 1. The molecule has 29 heavy (non-hydrogen) atoms. The third-order valence-electron chi connectivity index (χ3n) is 4.17. The van der Waals surface area contributed by atoms with Gasteiger partial charge in [0.1, 0.15) is 5.15 Å². The second-order valence-corrected chi connectivity index (χ2v) is 7.78. The topological polar surface area (TPSA) is 84.0 Å². The van der Waals surface area contributed by atoms with E-state index in [4.69, 9.17) is 11.6 Å². The summed E-state index contributed by atoms with van der Waals surface area (Å²) in [7, 11) is 0. The molecule has 3 aromatic rings. The molecule has 0 aliphatic carbocycles. The van der Waals surface area contributed by atoms with Crippen LogP contribution in [0.2, 0.25) is 5.15 Å². The lowest BCUT2D eigenvalue weighted by atomic mass is 10.1. The fourth-order valence-corrected chi connectivity index (χ4v) is 3.57. The summed E-state index contributed by atoms with van der Waals surface area (Å²) in [6.07, 6.45) is 3.60. The summed E-state index contributed by atoms with van der Waals surface area (Å²) in [6, 6.07) is 11.6. The molecule has 1 aromatic carbocycles. The summed E-state index contributed by atoms with van der Waals surface area (Å²) in [5, 5.41) is 8.50. The van der Waals surface area contributed by atoms with Gasteiger partial charge < -0.3 is 10.6 Å². The number of aryl methyl sites for hydroxylation is 1. The third-order valence-corrected chi connectivity index (χ3v) is 5.15. The van der Waals surface area contributed by atoms with E-state index in [2.05, 4.69) is 32.7 Å². The lowest BCUT2D eigenvalue weighted by Crippen LogP contribution is -2.21. The Balaban J connectivity index is 1.53. The molecule has 2 N–H and O–H groups in total. The molecule has 0 saturated heterocycles. The molecule has 0 atom stereocenters. The van der Waals surface area contributed by atoms with Gasteiger partial charge in [-0.25, -0.2) is 9.97 Å². The zero-order chi connectivity index (χ0) is 20.6. The molecule has 0 unspecified atom stereocenters. The van der Waals surface area contributed by atoms with Gasteiger partial charge in [0.05, 0.1) is 12.1 Å². The maximum absolute atomic E-state index is 12.2. The molecular formula is C21H21ClN4O2S. The van der Waals surface area contributed by atoms with Crippen LogP contribution in [0.4, 0.5) is 5.13 Å². The van der Waals surface area contributed by atoms with Gasteiger partial charge in [-0.2, -0.15) is 0 Å². The number of carbonyl (C=O) groups is 2. The molecule has 6 nitrogen and oxygen atoms in total. The van der Waals surface area contributed by atoms with Crippen LogP contribution in [-0.2, 0) is 22.4 Å². The summed E-state index contributed by atoms with van der Waals surface area (Å²) in [6.45, 7) is 2.20. The molecule has 2 heterocycles. The minimum Gasteiger partial charge on any atom is -0.356 e. The molecule has 2 amide bonds. The highest BCUT2D eigenvalue weighted by Gasteiger charge is 2.09. The smallest absolute Gasteiger partial charge is 0.230 e. The van der Waals surface area contributed by atoms with E-state index in [9.17, 15) is 9.59 Å². The van der Waals surface area contributed by atoms with Crippen molar-refractivity contribution < 1.29 is 9.59 Å². The number of nitrogens with zero attached hydrogens (tertiary/aromatic N) is 2. The fraction of sp³-hybridized carbons (Fsp3) is 0.238.